The predicted octanol–water partition coefficient (Wildman–Crippen LogP) is 5.82. The molecule has 30 heavy (non-hydrogen) atoms. The Morgan fingerprint density at radius 2 is 1.90 bits per heavy atom. The molecule has 0 amide bonds. The molecule has 0 radical (unpaired) electrons. The number of aromatic nitrogens is 2. The van der Waals surface area contributed by atoms with Crippen LogP contribution in [0.3, 0.4) is 0 Å². The molecular formula is C22H18Cl2N4SSe. The number of thiocarbonyl (C=S) groups is 1. The van der Waals surface area contributed by atoms with E-state index in [0.29, 0.717) is 29.7 Å². The quantitative estimate of drug-likeness (QED) is 0.229. The number of anilines is 1. The summed E-state index contributed by atoms with van der Waals surface area (Å²) >= 11 is 18.6. The van der Waals surface area contributed by atoms with E-state index in [0.717, 1.165) is 28.2 Å². The molecule has 0 bridgehead atoms. The summed E-state index contributed by atoms with van der Waals surface area (Å²) in [5, 5.41) is 16.0. The molecule has 2 heterocycles. The van der Waals surface area contributed by atoms with Crippen molar-refractivity contribution in [1.29, 1.82) is 0 Å². The van der Waals surface area contributed by atoms with Crippen molar-refractivity contribution in [2.24, 2.45) is 0 Å². The van der Waals surface area contributed by atoms with Crippen LogP contribution in [0.1, 0.15) is 22.9 Å². The molecule has 0 fully saturated rings. The average molecular weight is 520 g/mol. The molecule has 3 N–H and O–H groups in total. The maximum absolute atomic E-state index is 6.56. The molecule has 1 unspecified atom stereocenters. The first-order valence-electron chi connectivity index (χ1n) is 9.19. The minimum atomic E-state index is -0.317. The summed E-state index contributed by atoms with van der Waals surface area (Å²) in [5.41, 5.74) is 4.73. The van der Waals surface area contributed by atoms with Gasteiger partial charge in [-0.25, -0.2) is 0 Å². The summed E-state index contributed by atoms with van der Waals surface area (Å²) < 4.78 is 1.24. The Balaban J connectivity index is 1.70. The number of rotatable bonds is 5. The molecular weight excluding hydrogens is 502 g/mol. The average Bonchev–Trinajstić information content (AvgIpc) is 3.37. The number of benzene rings is 2. The number of halogens is 2. The Morgan fingerprint density at radius 3 is 2.60 bits per heavy atom. The van der Waals surface area contributed by atoms with E-state index >= 15 is 0 Å². The van der Waals surface area contributed by atoms with Crippen molar-refractivity contribution >= 4 is 60.7 Å². The number of hydrogen-bond acceptors (Lipinski definition) is 2. The van der Waals surface area contributed by atoms with Crippen LogP contribution in [0.5, 0.6) is 0 Å². The molecule has 1 atom stereocenters. The van der Waals surface area contributed by atoms with Crippen LogP contribution in [0.25, 0.3) is 10.1 Å². The van der Waals surface area contributed by atoms with Gasteiger partial charge < -0.3 is 0 Å². The fourth-order valence-electron chi connectivity index (χ4n) is 3.21. The molecule has 0 saturated carbocycles. The van der Waals surface area contributed by atoms with E-state index in [1.54, 1.807) is 6.07 Å². The second-order valence-electron chi connectivity index (χ2n) is 6.65. The van der Waals surface area contributed by atoms with Crippen LogP contribution in [0.4, 0.5) is 5.69 Å². The fourth-order valence-corrected chi connectivity index (χ4v) is 5.58. The molecule has 2 aromatic carbocycles. The van der Waals surface area contributed by atoms with Gasteiger partial charge in [0.2, 0.25) is 0 Å². The molecule has 8 heteroatoms. The summed E-state index contributed by atoms with van der Waals surface area (Å²) in [5.74, 6) is 0. The number of para-hydroxylation sites is 1. The Hall–Kier alpha value is -2.08. The Kier molecular flexibility index (Phi) is 6.61. The summed E-state index contributed by atoms with van der Waals surface area (Å²) in [6, 6.07) is 19.1. The predicted molar refractivity (Wildman–Crippen MR) is 130 cm³/mol. The molecule has 2 aromatic heterocycles. The Bertz CT molecular complexity index is 1160. The molecule has 0 saturated heterocycles. The third kappa shape index (κ3) is 4.64. The zero-order valence-corrected chi connectivity index (χ0v) is 20.0. The molecule has 0 spiro atoms. The molecule has 0 aliphatic carbocycles. The molecule has 4 aromatic rings. The monoisotopic (exact) mass is 520 g/mol. The molecule has 152 valence electrons. The zero-order valence-electron chi connectivity index (χ0n) is 15.9. The first kappa shape index (κ1) is 21.2. The van der Waals surface area contributed by atoms with Gasteiger partial charge in [0.15, 0.2) is 0 Å². The van der Waals surface area contributed by atoms with E-state index in [-0.39, 0.29) is 6.04 Å². The van der Waals surface area contributed by atoms with E-state index in [4.69, 9.17) is 35.4 Å². The van der Waals surface area contributed by atoms with Crippen LogP contribution in [-0.2, 0) is 0 Å². The molecule has 4 rings (SSSR count). The van der Waals surface area contributed by atoms with Gasteiger partial charge in [-0.15, -0.1) is 0 Å². The van der Waals surface area contributed by atoms with E-state index in [9.17, 15) is 0 Å². The van der Waals surface area contributed by atoms with Gasteiger partial charge in [0.25, 0.3) is 0 Å². The third-order valence-corrected chi connectivity index (χ3v) is 7.29. The summed E-state index contributed by atoms with van der Waals surface area (Å²) in [6.07, 6.45) is 0. The summed E-state index contributed by atoms with van der Waals surface area (Å²) in [6.45, 7) is 2.07. The Morgan fingerprint density at radius 1 is 1.10 bits per heavy atom. The second-order valence-corrected chi connectivity index (χ2v) is 9.89. The van der Waals surface area contributed by atoms with Crippen LogP contribution < -0.4 is 10.6 Å². The van der Waals surface area contributed by atoms with E-state index < -0.39 is 0 Å². The second kappa shape index (κ2) is 9.38. The SMILES string of the molecule is Cc1c(-c2ccc[se]2)n[nH]c1C(NC(=S)Nc1ccccc1)c1ccc(Cl)cc1Cl. The number of nitrogens with zero attached hydrogens (tertiary/aromatic N) is 1. The van der Waals surface area contributed by atoms with E-state index in [1.165, 1.54) is 4.44 Å². The van der Waals surface area contributed by atoms with Crippen molar-refractivity contribution in [3.05, 3.63) is 92.5 Å². The van der Waals surface area contributed by atoms with E-state index in [2.05, 4.69) is 44.8 Å². The van der Waals surface area contributed by atoms with Gasteiger partial charge in [-0.1, -0.05) is 0 Å². The molecule has 0 aliphatic rings. The van der Waals surface area contributed by atoms with Gasteiger partial charge in [0.05, 0.1) is 0 Å². The van der Waals surface area contributed by atoms with Crippen molar-refractivity contribution in [1.82, 2.24) is 15.5 Å². The summed E-state index contributed by atoms with van der Waals surface area (Å²) in [7, 11) is 0. The summed E-state index contributed by atoms with van der Waals surface area (Å²) in [4.78, 5) is 2.18. The van der Waals surface area contributed by atoms with Crippen molar-refractivity contribution in [3.8, 4) is 10.1 Å². The van der Waals surface area contributed by atoms with Crippen molar-refractivity contribution in [2.45, 2.75) is 13.0 Å². The standard InChI is InChI=1S/C22H18Cl2N4SSe/c1-13-19(18-8-5-11-30-18)27-28-20(13)21(16-10-9-14(23)12-17(16)24)26-22(29)25-15-6-3-2-4-7-15/h2-12,21H,1H3,(H,27,28)(H2,25,26,29). The van der Waals surface area contributed by atoms with Crippen LogP contribution >= 0.6 is 35.4 Å². The van der Waals surface area contributed by atoms with E-state index in [1.807, 2.05) is 42.5 Å². The Labute approximate surface area is 196 Å². The van der Waals surface area contributed by atoms with Crippen LogP contribution in [-0.4, -0.2) is 29.8 Å². The molecule has 0 aliphatic heterocycles. The van der Waals surface area contributed by atoms with Crippen LogP contribution in [0, 0.1) is 6.92 Å². The first-order chi connectivity index (χ1) is 14.5. The van der Waals surface area contributed by atoms with Crippen LogP contribution in [0.15, 0.2) is 65.6 Å². The maximum atomic E-state index is 6.56. The van der Waals surface area contributed by atoms with Gasteiger partial charge >= 0.3 is 197 Å². The van der Waals surface area contributed by atoms with Gasteiger partial charge in [-0.05, 0) is 0 Å². The third-order valence-electron chi connectivity index (χ3n) is 4.67. The minimum absolute atomic E-state index is 0.294. The normalized spacial score (nSPS) is 11.8. The topological polar surface area (TPSA) is 52.7 Å². The number of nitrogens with one attached hydrogen (secondary N) is 3. The fraction of sp³-hybridized carbons (Fsp3) is 0.0909. The number of H-pyrrole nitrogens is 1. The van der Waals surface area contributed by atoms with Gasteiger partial charge in [0, 0.05) is 0 Å². The van der Waals surface area contributed by atoms with Crippen molar-refractivity contribution < 1.29 is 0 Å². The number of aromatic amines is 1. The first-order valence-corrected chi connectivity index (χ1v) is 12.2. The van der Waals surface area contributed by atoms with Gasteiger partial charge in [-0.2, -0.15) is 0 Å². The molecule has 4 nitrogen and oxygen atoms in total. The van der Waals surface area contributed by atoms with Crippen molar-refractivity contribution in [2.75, 3.05) is 5.32 Å². The van der Waals surface area contributed by atoms with Crippen molar-refractivity contribution in [3.63, 3.8) is 0 Å². The van der Waals surface area contributed by atoms with Crippen LogP contribution in [0.2, 0.25) is 10.0 Å². The van der Waals surface area contributed by atoms with Gasteiger partial charge in [0.1, 0.15) is 0 Å². The van der Waals surface area contributed by atoms with Gasteiger partial charge in [-0.3, -0.25) is 0 Å². The number of hydrogen-bond donors (Lipinski definition) is 3. The zero-order chi connectivity index (χ0) is 21.1.